The Bertz CT molecular complexity index is 523. The van der Waals surface area contributed by atoms with E-state index in [0.717, 1.165) is 64.8 Å². The van der Waals surface area contributed by atoms with Crippen molar-refractivity contribution in [3.8, 4) is 0 Å². The number of carbonyl (C=O) groups excluding carboxylic acids is 1. The van der Waals surface area contributed by atoms with Gasteiger partial charge in [-0.15, -0.1) is 0 Å². The number of piperidine rings is 2. The number of urea groups is 1. The van der Waals surface area contributed by atoms with E-state index in [1.165, 1.54) is 5.56 Å². The molecule has 0 atom stereocenters. The molecule has 6 nitrogen and oxygen atoms in total. The number of aromatic nitrogens is 1. The molecular weight excluding hydrogens is 316 g/mol. The standard InChI is InChI=1S/C19H30N4O2/c24-15-17-4-13-23(14-5-17)19(25)21-18-6-11-22(12-7-18)10-3-16-1-8-20-9-2-16/h1-2,8-9,17-18,24H,3-7,10-15H2,(H,21,25). The highest BCUT2D eigenvalue weighted by Crippen LogP contribution is 2.17. The zero-order chi connectivity index (χ0) is 17.5. The lowest BCUT2D eigenvalue weighted by Crippen LogP contribution is -2.51. The maximum atomic E-state index is 12.4. The van der Waals surface area contributed by atoms with Crippen molar-refractivity contribution in [3.05, 3.63) is 30.1 Å². The van der Waals surface area contributed by atoms with Crippen molar-refractivity contribution in [2.45, 2.75) is 38.1 Å². The van der Waals surface area contributed by atoms with E-state index in [1.807, 2.05) is 17.3 Å². The van der Waals surface area contributed by atoms with Crippen LogP contribution in [0.4, 0.5) is 4.79 Å². The molecule has 0 aliphatic carbocycles. The quantitative estimate of drug-likeness (QED) is 0.848. The Balaban J connectivity index is 1.34. The molecule has 0 spiro atoms. The van der Waals surface area contributed by atoms with Crippen LogP contribution in [0.25, 0.3) is 0 Å². The molecule has 2 fully saturated rings. The van der Waals surface area contributed by atoms with Gasteiger partial charge < -0.3 is 20.2 Å². The molecule has 2 aliphatic heterocycles. The first-order chi connectivity index (χ1) is 12.2. The van der Waals surface area contributed by atoms with Gasteiger partial charge in [-0.1, -0.05) is 0 Å². The molecule has 3 rings (SSSR count). The second-order valence-corrected chi connectivity index (χ2v) is 7.28. The van der Waals surface area contributed by atoms with E-state index in [0.29, 0.717) is 12.0 Å². The zero-order valence-corrected chi connectivity index (χ0v) is 14.9. The van der Waals surface area contributed by atoms with E-state index in [2.05, 4.69) is 27.3 Å². The van der Waals surface area contributed by atoms with Gasteiger partial charge in [0.1, 0.15) is 0 Å². The highest BCUT2D eigenvalue weighted by Gasteiger charge is 2.25. The number of hydrogen-bond donors (Lipinski definition) is 2. The summed E-state index contributed by atoms with van der Waals surface area (Å²) < 4.78 is 0. The molecule has 2 amide bonds. The number of rotatable bonds is 5. The molecule has 25 heavy (non-hydrogen) atoms. The van der Waals surface area contributed by atoms with Crippen molar-refractivity contribution in [2.24, 2.45) is 5.92 Å². The maximum Gasteiger partial charge on any atom is 0.317 e. The van der Waals surface area contributed by atoms with Crippen molar-refractivity contribution < 1.29 is 9.90 Å². The average molecular weight is 346 g/mol. The fourth-order valence-corrected chi connectivity index (χ4v) is 3.72. The molecule has 2 aliphatic rings. The van der Waals surface area contributed by atoms with Gasteiger partial charge in [0.15, 0.2) is 0 Å². The summed E-state index contributed by atoms with van der Waals surface area (Å²) in [5.41, 5.74) is 1.33. The number of nitrogens with one attached hydrogen (secondary N) is 1. The maximum absolute atomic E-state index is 12.4. The van der Waals surface area contributed by atoms with Crippen LogP contribution < -0.4 is 5.32 Å². The molecule has 1 aromatic heterocycles. The lowest BCUT2D eigenvalue weighted by atomic mass is 9.98. The van der Waals surface area contributed by atoms with Crippen LogP contribution in [0.2, 0.25) is 0 Å². The summed E-state index contributed by atoms with van der Waals surface area (Å²) in [4.78, 5) is 20.8. The van der Waals surface area contributed by atoms with Crippen molar-refractivity contribution in [1.82, 2.24) is 20.1 Å². The SMILES string of the molecule is O=C(NC1CCN(CCc2ccncc2)CC1)N1CCC(CO)CC1. The Kier molecular flexibility index (Phi) is 6.64. The van der Waals surface area contributed by atoms with Gasteiger partial charge in [0.2, 0.25) is 0 Å². The number of likely N-dealkylation sites (tertiary alicyclic amines) is 2. The molecule has 1 aromatic rings. The minimum Gasteiger partial charge on any atom is -0.396 e. The Morgan fingerprint density at radius 2 is 1.80 bits per heavy atom. The number of aliphatic hydroxyl groups excluding tert-OH is 1. The van der Waals surface area contributed by atoms with Crippen molar-refractivity contribution in [1.29, 1.82) is 0 Å². The summed E-state index contributed by atoms with van der Waals surface area (Å²) >= 11 is 0. The van der Waals surface area contributed by atoms with E-state index in [9.17, 15) is 9.90 Å². The molecule has 138 valence electrons. The van der Waals surface area contributed by atoms with Crippen LogP contribution in [0.5, 0.6) is 0 Å². The number of pyridine rings is 1. The second kappa shape index (κ2) is 9.15. The summed E-state index contributed by atoms with van der Waals surface area (Å²) in [6, 6.07) is 4.52. The summed E-state index contributed by atoms with van der Waals surface area (Å²) in [7, 11) is 0. The van der Waals surface area contributed by atoms with Crippen LogP contribution in [-0.4, -0.2) is 71.3 Å². The van der Waals surface area contributed by atoms with Gasteiger partial charge in [0.05, 0.1) is 0 Å². The predicted molar refractivity (Wildman–Crippen MR) is 97.3 cm³/mol. The first kappa shape index (κ1) is 18.1. The largest absolute Gasteiger partial charge is 0.396 e. The van der Waals surface area contributed by atoms with E-state index in [1.54, 1.807) is 0 Å². The van der Waals surface area contributed by atoms with Crippen molar-refractivity contribution in [2.75, 3.05) is 39.3 Å². The minimum atomic E-state index is 0.0756. The lowest BCUT2D eigenvalue weighted by Gasteiger charge is -2.35. The number of amides is 2. The number of carbonyl (C=O) groups is 1. The number of aliphatic hydroxyl groups is 1. The zero-order valence-electron chi connectivity index (χ0n) is 14.9. The van der Waals surface area contributed by atoms with Crippen molar-refractivity contribution >= 4 is 6.03 Å². The molecule has 0 radical (unpaired) electrons. The van der Waals surface area contributed by atoms with Gasteiger partial charge in [-0.25, -0.2) is 4.79 Å². The molecule has 0 bridgehead atoms. The first-order valence-electron chi connectivity index (χ1n) is 9.52. The van der Waals surface area contributed by atoms with Crippen LogP contribution in [0.3, 0.4) is 0 Å². The monoisotopic (exact) mass is 346 g/mol. The third-order valence-electron chi connectivity index (χ3n) is 5.54. The lowest BCUT2D eigenvalue weighted by molar-refractivity contribution is 0.131. The summed E-state index contributed by atoms with van der Waals surface area (Å²) in [6.07, 6.45) is 8.62. The Labute approximate surface area is 150 Å². The van der Waals surface area contributed by atoms with Crippen LogP contribution in [0, 0.1) is 5.92 Å². The van der Waals surface area contributed by atoms with Gasteiger partial charge in [-0.3, -0.25) is 4.98 Å². The van der Waals surface area contributed by atoms with E-state index >= 15 is 0 Å². The molecular formula is C19H30N4O2. The molecule has 2 N–H and O–H groups in total. The van der Waals surface area contributed by atoms with Gasteiger partial charge in [0.25, 0.3) is 0 Å². The van der Waals surface area contributed by atoms with E-state index in [-0.39, 0.29) is 12.6 Å². The molecule has 0 unspecified atom stereocenters. The number of nitrogens with zero attached hydrogens (tertiary/aromatic N) is 3. The Morgan fingerprint density at radius 1 is 1.12 bits per heavy atom. The first-order valence-corrected chi connectivity index (χ1v) is 9.52. The van der Waals surface area contributed by atoms with Gasteiger partial charge in [0, 0.05) is 57.8 Å². The highest BCUT2D eigenvalue weighted by atomic mass is 16.3. The summed E-state index contributed by atoms with van der Waals surface area (Å²) in [5, 5.41) is 12.4. The molecule has 2 saturated heterocycles. The van der Waals surface area contributed by atoms with Gasteiger partial charge in [-0.05, 0) is 55.7 Å². The van der Waals surface area contributed by atoms with Crippen LogP contribution in [0.15, 0.2) is 24.5 Å². The molecule has 0 aromatic carbocycles. The predicted octanol–water partition coefficient (Wildman–Crippen LogP) is 1.50. The molecule has 3 heterocycles. The van der Waals surface area contributed by atoms with Crippen LogP contribution >= 0.6 is 0 Å². The van der Waals surface area contributed by atoms with Gasteiger partial charge >= 0.3 is 6.03 Å². The minimum absolute atomic E-state index is 0.0756. The molecule has 0 saturated carbocycles. The van der Waals surface area contributed by atoms with E-state index in [4.69, 9.17) is 0 Å². The highest BCUT2D eigenvalue weighted by molar-refractivity contribution is 5.74. The van der Waals surface area contributed by atoms with Crippen molar-refractivity contribution in [3.63, 3.8) is 0 Å². The topological polar surface area (TPSA) is 68.7 Å². The average Bonchev–Trinajstić information content (AvgIpc) is 2.68. The Hall–Kier alpha value is -1.66. The fourth-order valence-electron chi connectivity index (χ4n) is 3.72. The Morgan fingerprint density at radius 3 is 2.44 bits per heavy atom. The third-order valence-corrected chi connectivity index (χ3v) is 5.54. The second-order valence-electron chi connectivity index (χ2n) is 7.28. The third kappa shape index (κ3) is 5.41. The van der Waals surface area contributed by atoms with Crippen LogP contribution in [-0.2, 0) is 6.42 Å². The summed E-state index contributed by atoms with van der Waals surface area (Å²) in [6.45, 7) is 4.93. The van der Waals surface area contributed by atoms with Crippen LogP contribution in [0.1, 0.15) is 31.2 Å². The summed E-state index contributed by atoms with van der Waals surface area (Å²) in [5.74, 6) is 0.368. The van der Waals surface area contributed by atoms with Gasteiger partial charge in [-0.2, -0.15) is 0 Å². The van der Waals surface area contributed by atoms with E-state index < -0.39 is 0 Å². The molecule has 6 heteroatoms. The number of hydrogen-bond acceptors (Lipinski definition) is 4. The fraction of sp³-hybridized carbons (Fsp3) is 0.684. The normalized spacial score (nSPS) is 20.6. The smallest absolute Gasteiger partial charge is 0.317 e.